The Morgan fingerprint density at radius 1 is 1.03 bits per heavy atom. The second kappa shape index (κ2) is 18.4. The number of rotatable bonds is 11. The molecule has 39 heavy (non-hydrogen) atoms. The van der Waals surface area contributed by atoms with Crippen LogP contribution >= 0.6 is 0 Å². The molecule has 0 saturated heterocycles. The molecule has 0 bridgehead atoms. The quantitative estimate of drug-likeness (QED) is 0.302. The Balaban J connectivity index is 0.00000260. The van der Waals surface area contributed by atoms with Crippen LogP contribution in [0.3, 0.4) is 0 Å². The van der Waals surface area contributed by atoms with Gasteiger partial charge in [-0.15, -0.1) is 0 Å². The van der Waals surface area contributed by atoms with Crippen LogP contribution in [-0.4, -0.2) is 55.8 Å². The maximum Gasteiger partial charge on any atom is 0.251 e. The average molecular weight is 536 g/mol. The molecule has 1 aliphatic heterocycles. The van der Waals surface area contributed by atoms with Gasteiger partial charge in [-0.1, -0.05) is 76.8 Å². The Hall–Kier alpha value is -2.89. The molecule has 0 atom stereocenters. The van der Waals surface area contributed by atoms with Gasteiger partial charge in [0.1, 0.15) is 5.84 Å². The highest BCUT2D eigenvalue weighted by atomic mass is 16.1. The monoisotopic (exact) mass is 535 g/mol. The Kier molecular flexibility index (Phi) is 15.3. The molecule has 1 amide bonds. The Bertz CT molecular complexity index is 966. The number of allylic oxidation sites excluding steroid dienone is 3. The Labute approximate surface area is 238 Å². The fourth-order valence-corrected chi connectivity index (χ4v) is 5.03. The lowest BCUT2D eigenvalue weighted by molar-refractivity contribution is 0.0942. The number of carbonyl (C=O) groups is 1. The van der Waals surface area contributed by atoms with Gasteiger partial charge in [0.25, 0.3) is 5.91 Å². The van der Waals surface area contributed by atoms with E-state index < -0.39 is 0 Å². The first-order chi connectivity index (χ1) is 19.0. The van der Waals surface area contributed by atoms with Crippen molar-refractivity contribution in [1.29, 1.82) is 0 Å². The molecule has 1 aromatic rings. The van der Waals surface area contributed by atoms with Gasteiger partial charge in [0, 0.05) is 37.8 Å². The highest BCUT2D eigenvalue weighted by Gasteiger charge is 2.24. The third-order valence-corrected chi connectivity index (χ3v) is 7.33. The van der Waals surface area contributed by atoms with E-state index in [9.17, 15) is 4.79 Å². The van der Waals surface area contributed by atoms with Crippen molar-refractivity contribution in [2.24, 2.45) is 15.9 Å². The van der Waals surface area contributed by atoms with E-state index in [1.165, 1.54) is 37.7 Å². The molecule has 1 heterocycles. The number of aliphatic imine (C=N–C) groups is 2. The molecule has 3 rings (SSSR count). The lowest BCUT2D eigenvalue weighted by Crippen LogP contribution is -2.41. The van der Waals surface area contributed by atoms with Crippen molar-refractivity contribution in [2.75, 3.05) is 27.2 Å². The maximum atomic E-state index is 12.7. The fraction of sp³-hybridized carbons (Fsp3) is 0.606. The van der Waals surface area contributed by atoms with Gasteiger partial charge in [-0.05, 0) is 69.1 Å². The van der Waals surface area contributed by atoms with Crippen LogP contribution in [0.15, 0.2) is 58.1 Å². The van der Waals surface area contributed by atoms with E-state index in [0.29, 0.717) is 18.5 Å². The third-order valence-electron chi connectivity index (χ3n) is 7.33. The number of carbonyl (C=O) groups excluding carboxylic acids is 1. The summed E-state index contributed by atoms with van der Waals surface area (Å²) in [7, 11) is 4.05. The lowest BCUT2D eigenvalue weighted by Gasteiger charge is -2.30. The number of guanidine groups is 1. The van der Waals surface area contributed by atoms with Crippen molar-refractivity contribution < 1.29 is 4.79 Å². The normalized spacial score (nSPS) is 20.1. The van der Waals surface area contributed by atoms with Crippen LogP contribution < -0.4 is 10.6 Å². The topological polar surface area (TPSA) is 69.1 Å². The van der Waals surface area contributed by atoms with E-state index in [1.807, 2.05) is 64.1 Å². The summed E-state index contributed by atoms with van der Waals surface area (Å²) in [4.78, 5) is 24.2. The van der Waals surface area contributed by atoms with E-state index in [1.54, 1.807) is 0 Å². The molecule has 0 radical (unpaired) electrons. The summed E-state index contributed by atoms with van der Waals surface area (Å²) in [5.74, 6) is 2.27. The predicted octanol–water partition coefficient (Wildman–Crippen LogP) is 6.94. The van der Waals surface area contributed by atoms with Crippen molar-refractivity contribution in [3.05, 3.63) is 59.2 Å². The van der Waals surface area contributed by atoms with Gasteiger partial charge in [-0.25, -0.2) is 4.99 Å². The molecule has 1 aliphatic carbocycles. The van der Waals surface area contributed by atoms with Crippen molar-refractivity contribution in [1.82, 2.24) is 15.5 Å². The van der Waals surface area contributed by atoms with Gasteiger partial charge in [-0.3, -0.25) is 4.79 Å². The zero-order valence-corrected chi connectivity index (χ0v) is 25.4. The third kappa shape index (κ3) is 11.4. The van der Waals surface area contributed by atoms with Gasteiger partial charge in [0.2, 0.25) is 5.96 Å². The summed E-state index contributed by atoms with van der Waals surface area (Å²) in [6, 6.07) is 8.56. The number of nitrogens with one attached hydrogen (secondary N) is 2. The predicted molar refractivity (Wildman–Crippen MR) is 168 cm³/mol. The SMILES string of the molecule is C/C=C\C=C1/CN=C(NC2CCC(CNC(=O)c3ccc(CCCCCCC)cc3)CC2)N=C1N(C)C.CC. The van der Waals surface area contributed by atoms with Gasteiger partial charge >= 0.3 is 0 Å². The summed E-state index contributed by atoms with van der Waals surface area (Å²) < 4.78 is 0. The summed E-state index contributed by atoms with van der Waals surface area (Å²) in [5.41, 5.74) is 3.22. The molecular weight excluding hydrogens is 482 g/mol. The average Bonchev–Trinajstić information content (AvgIpc) is 2.97. The van der Waals surface area contributed by atoms with Gasteiger partial charge < -0.3 is 15.5 Å². The smallest absolute Gasteiger partial charge is 0.251 e. The van der Waals surface area contributed by atoms with Crippen LogP contribution in [0.1, 0.15) is 101 Å². The first kappa shape index (κ1) is 32.3. The van der Waals surface area contributed by atoms with Gasteiger partial charge in [-0.2, -0.15) is 4.99 Å². The Morgan fingerprint density at radius 3 is 2.36 bits per heavy atom. The second-order valence-corrected chi connectivity index (χ2v) is 10.6. The van der Waals surface area contributed by atoms with Crippen molar-refractivity contribution in [2.45, 2.75) is 97.9 Å². The minimum absolute atomic E-state index is 0.0404. The molecule has 1 aromatic carbocycles. The number of hydrogen-bond acceptors (Lipinski definition) is 5. The zero-order valence-electron chi connectivity index (χ0n) is 25.4. The summed E-state index contributed by atoms with van der Waals surface area (Å²) >= 11 is 0. The fourth-order valence-electron chi connectivity index (χ4n) is 5.03. The molecule has 0 aromatic heterocycles. The van der Waals surface area contributed by atoms with Gasteiger partial charge in [0.15, 0.2) is 0 Å². The minimum atomic E-state index is 0.0404. The largest absolute Gasteiger partial charge is 0.362 e. The highest BCUT2D eigenvalue weighted by Crippen LogP contribution is 2.24. The van der Waals surface area contributed by atoms with Gasteiger partial charge in [0.05, 0.1) is 6.54 Å². The lowest BCUT2D eigenvalue weighted by atomic mass is 9.86. The van der Waals surface area contributed by atoms with E-state index in [2.05, 4.69) is 40.8 Å². The first-order valence-electron chi connectivity index (χ1n) is 15.3. The van der Waals surface area contributed by atoms with E-state index >= 15 is 0 Å². The van der Waals surface area contributed by atoms with Crippen LogP contribution in [0.4, 0.5) is 0 Å². The Morgan fingerprint density at radius 2 is 1.72 bits per heavy atom. The number of aryl methyl sites for hydroxylation is 1. The molecule has 2 aliphatic rings. The minimum Gasteiger partial charge on any atom is -0.362 e. The van der Waals surface area contributed by atoms with Crippen LogP contribution in [-0.2, 0) is 6.42 Å². The van der Waals surface area contributed by atoms with E-state index in [0.717, 1.165) is 61.6 Å². The molecule has 1 fully saturated rings. The molecule has 0 unspecified atom stereocenters. The summed E-state index contributed by atoms with van der Waals surface area (Å²) in [6.07, 6.45) is 18.0. The van der Waals surface area contributed by atoms with Crippen LogP contribution in [0.2, 0.25) is 0 Å². The van der Waals surface area contributed by atoms with E-state index in [4.69, 9.17) is 4.99 Å². The number of amides is 1. The number of unbranched alkanes of at least 4 members (excludes halogenated alkanes) is 4. The van der Waals surface area contributed by atoms with Crippen LogP contribution in [0, 0.1) is 5.92 Å². The number of hydrogen-bond donors (Lipinski definition) is 2. The zero-order chi connectivity index (χ0) is 28.5. The molecule has 6 heteroatoms. The van der Waals surface area contributed by atoms with E-state index in [-0.39, 0.29) is 5.91 Å². The van der Waals surface area contributed by atoms with Crippen LogP contribution in [0.25, 0.3) is 0 Å². The number of benzene rings is 1. The first-order valence-corrected chi connectivity index (χ1v) is 15.3. The molecule has 1 saturated carbocycles. The number of likely N-dealkylation sites (N-methyl/N-ethyl adjacent to an activating group) is 1. The second-order valence-electron chi connectivity index (χ2n) is 10.6. The molecule has 0 spiro atoms. The molecule has 2 N–H and O–H groups in total. The standard InChI is InChI=1S/C31H47N5O.C2H6/c1-5-7-9-10-11-12-24-14-18-26(19-15-24)30(37)32-22-25-16-20-28(21-17-25)34-31-33-23-27(13-8-6-2)29(35-31)36(3)4;1-2/h6,8,13-15,18-19,25,28H,5,7,9-12,16-17,20-23H2,1-4H3,(H,32,37)(H,33,34);1-2H3/b8-6-,27-13+;. The van der Waals surface area contributed by atoms with Crippen molar-refractivity contribution >= 4 is 17.7 Å². The summed E-state index contributed by atoms with van der Waals surface area (Å²) in [6.45, 7) is 9.65. The van der Waals surface area contributed by atoms with Crippen LogP contribution in [0.5, 0.6) is 0 Å². The number of nitrogens with zero attached hydrogens (tertiary/aromatic N) is 3. The summed E-state index contributed by atoms with van der Waals surface area (Å²) in [5, 5.41) is 6.73. The molecule has 216 valence electrons. The van der Waals surface area contributed by atoms with Crippen molar-refractivity contribution in [3.8, 4) is 0 Å². The number of amidine groups is 1. The molecular formula is C33H53N5O. The van der Waals surface area contributed by atoms with Crippen molar-refractivity contribution in [3.63, 3.8) is 0 Å². The molecule has 6 nitrogen and oxygen atoms in total. The maximum absolute atomic E-state index is 12.7. The highest BCUT2D eigenvalue weighted by molar-refractivity contribution is 6.07.